The molecule has 1 fully saturated rings. The zero-order valence-electron chi connectivity index (χ0n) is 15.1. The second-order valence-electron chi connectivity index (χ2n) is 7.27. The lowest BCUT2D eigenvalue weighted by Crippen LogP contribution is -2.42. The zero-order valence-corrected chi connectivity index (χ0v) is 15.1. The molecule has 4 rings (SSSR count). The monoisotopic (exact) mass is 350 g/mol. The van der Waals surface area contributed by atoms with Crippen LogP contribution in [0.5, 0.6) is 5.75 Å². The van der Waals surface area contributed by atoms with Crippen LogP contribution in [0.3, 0.4) is 0 Å². The van der Waals surface area contributed by atoms with Crippen molar-refractivity contribution in [2.24, 2.45) is 5.92 Å². The van der Waals surface area contributed by atoms with E-state index in [0.717, 1.165) is 50.2 Å². The summed E-state index contributed by atoms with van der Waals surface area (Å²) in [5, 5.41) is 3.27. The number of likely N-dealkylation sites (tertiary alicyclic amines) is 1. The second-order valence-corrected chi connectivity index (χ2v) is 7.27. The summed E-state index contributed by atoms with van der Waals surface area (Å²) in [6.45, 7) is 3.61. The largest absolute Gasteiger partial charge is 0.493 e. The van der Waals surface area contributed by atoms with E-state index in [4.69, 9.17) is 4.74 Å². The lowest BCUT2D eigenvalue weighted by Gasteiger charge is -2.33. The van der Waals surface area contributed by atoms with Gasteiger partial charge in [-0.25, -0.2) is 0 Å². The molecule has 0 aromatic heterocycles. The van der Waals surface area contributed by atoms with Gasteiger partial charge in [0.05, 0.1) is 12.6 Å². The van der Waals surface area contributed by atoms with Crippen LogP contribution in [-0.2, 0) is 11.3 Å². The van der Waals surface area contributed by atoms with Crippen molar-refractivity contribution in [2.45, 2.75) is 31.8 Å². The van der Waals surface area contributed by atoms with Crippen LogP contribution in [-0.4, -0.2) is 30.5 Å². The minimum absolute atomic E-state index is 0.0785. The number of benzene rings is 2. The van der Waals surface area contributed by atoms with E-state index in [1.165, 1.54) is 5.56 Å². The van der Waals surface area contributed by atoms with Crippen molar-refractivity contribution in [2.75, 3.05) is 19.7 Å². The normalized spacial score (nSPS) is 20.8. The van der Waals surface area contributed by atoms with Crippen LogP contribution in [0.2, 0.25) is 0 Å². The molecule has 1 atom stereocenters. The summed E-state index contributed by atoms with van der Waals surface area (Å²) in [6, 6.07) is 18.7. The van der Waals surface area contributed by atoms with E-state index in [2.05, 4.69) is 46.6 Å². The highest BCUT2D eigenvalue weighted by Crippen LogP contribution is 2.32. The summed E-state index contributed by atoms with van der Waals surface area (Å²) in [6.07, 6.45) is 2.71. The molecule has 4 heteroatoms. The maximum Gasteiger partial charge on any atom is 0.223 e. The van der Waals surface area contributed by atoms with Gasteiger partial charge in [0.25, 0.3) is 0 Å². The molecule has 2 aliphatic heterocycles. The Kier molecular flexibility index (Phi) is 5.21. The van der Waals surface area contributed by atoms with Gasteiger partial charge in [0.15, 0.2) is 0 Å². The van der Waals surface area contributed by atoms with E-state index >= 15 is 0 Å². The molecule has 2 aromatic carbocycles. The molecule has 0 spiro atoms. The van der Waals surface area contributed by atoms with Crippen molar-refractivity contribution in [1.29, 1.82) is 0 Å². The molecule has 2 aliphatic rings. The molecule has 1 saturated heterocycles. The molecule has 0 radical (unpaired) electrons. The van der Waals surface area contributed by atoms with Gasteiger partial charge < -0.3 is 10.1 Å². The summed E-state index contributed by atoms with van der Waals surface area (Å²) in [7, 11) is 0. The highest BCUT2D eigenvalue weighted by Gasteiger charge is 2.28. The number of ether oxygens (including phenoxy) is 1. The number of hydrogen-bond acceptors (Lipinski definition) is 3. The number of fused-ring (bicyclic) bond motifs is 1. The first-order valence-corrected chi connectivity index (χ1v) is 9.58. The number of carbonyl (C=O) groups excluding carboxylic acids is 1. The van der Waals surface area contributed by atoms with Gasteiger partial charge in [-0.2, -0.15) is 0 Å². The van der Waals surface area contributed by atoms with Crippen LogP contribution in [0.4, 0.5) is 0 Å². The summed E-state index contributed by atoms with van der Waals surface area (Å²) in [4.78, 5) is 15.2. The number of rotatable bonds is 4. The van der Waals surface area contributed by atoms with Gasteiger partial charge in [0, 0.05) is 24.4 Å². The number of piperidine rings is 1. The number of carbonyl (C=O) groups is 1. The van der Waals surface area contributed by atoms with Gasteiger partial charge in [-0.1, -0.05) is 48.5 Å². The molecule has 0 aliphatic carbocycles. The summed E-state index contributed by atoms with van der Waals surface area (Å²) >= 11 is 0. The maximum atomic E-state index is 12.8. The van der Waals surface area contributed by atoms with Crippen LogP contribution in [0.1, 0.15) is 36.4 Å². The highest BCUT2D eigenvalue weighted by molar-refractivity contribution is 5.79. The molecule has 2 aromatic rings. The Morgan fingerprint density at radius 1 is 1.00 bits per heavy atom. The summed E-state index contributed by atoms with van der Waals surface area (Å²) < 4.78 is 5.69. The molecule has 0 saturated carbocycles. The van der Waals surface area contributed by atoms with E-state index in [1.807, 2.05) is 18.2 Å². The highest BCUT2D eigenvalue weighted by atomic mass is 16.5. The van der Waals surface area contributed by atoms with Crippen molar-refractivity contribution in [3.05, 3.63) is 65.7 Å². The molecule has 0 unspecified atom stereocenters. The smallest absolute Gasteiger partial charge is 0.223 e. The van der Waals surface area contributed by atoms with Gasteiger partial charge in [-0.05, 0) is 37.6 Å². The standard InChI is InChI=1S/C22H26N2O2/c25-22(23-20-12-15-26-21-9-5-4-8-19(20)21)18-10-13-24(14-11-18)16-17-6-2-1-3-7-17/h1-9,18,20H,10-16H2,(H,23,25)/t20-/m0/s1. The van der Waals surface area contributed by atoms with Gasteiger partial charge in [-0.3, -0.25) is 9.69 Å². The SMILES string of the molecule is O=C(N[C@H]1CCOc2ccccc21)C1CCN(Cc2ccccc2)CC1. The fourth-order valence-electron chi connectivity index (χ4n) is 3.98. The van der Waals surface area contributed by atoms with E-state index in [1.54, 1.807) is 0 Å². The average Bonchev–Trinajstić information content (AvgIpc) is 2.70. The minimum Gasteiger partial charge on any atom is -0.493 e. The van der Waals surface area contributed by atoms with Gasteiger partial charge in [0.2, 0.25) is 5.91 Å². The van der Waals surface area contributed by atoms with E-state index in [-0.39, 0.29) is 17.9 Å². The third-order valence-corrected chi connectivity index (χ3v) is 5.48. The Labute approximate surface area is 155 Å². The minimum atomic E-state index is 0.0785. The Bertz CT molecular complexity index is 739. The van der Waals surface area contributed by atoms with E-state index in [0.29, 0.717) is 6.61 Å². The Balaban J connectivity index is 1.30. The quantitative estimate of drug-likeness (QED) is 0.917. The molecule has 1 N–H and O–H groups in total. The van der Waals surface area contributed by atoms with Crippen molar-refractivity contribution in [1.82, 2.24) is 10.2 Å². The second kappa shape index (κ2) is 7.92. The van der Waals surface area contributed by atoms with Gasteiger partial charge in [0.1, 0.15) is 5.75 Å². The number of nitrogens with one attached hydrogen (secondary N) is 1. The van der Waals surface area contributed by atoms with Crippen LogP contribution < -0.4 is 10.1 Å². The summed E-state index contributed by atoms with van der Waals surface area (Å²) in [5.74, 6) is 1.23. The first-order chi connectivity index (χ1) is 12.8. The molecular formula is C22H26N2O2. The molecule has 136 valence electrons. The van der Waals surface area contributed by atoms with Crippen LogP contribution >= 0.6 is 0 Å². The zero-order chi connectivity index (χ0) is 17.8. The number of hydrogen-bond donors (Lipinski definition) is 1. The lowest BCUT2D eigenvalue weighted by atomic mass is 9.93. The van der Waals surface area contributed by atoms with Crippen LogP contribution in [0.25, 0.3) is 0 Å². The van der Waals surface area contributed by atoms with Crippen LogP contribution in [0.15, 0.2) is 54.6 Å². The topological polar surface area (TPSA) is 41.6 Å². The third kappa shape index (κ3) is 3.91. The first kappa shape index (κ1) is 17.1. The Hall–Kier alpha value is -2.33. The fraction of sp³-hybridized carbons (Fsp3) is 0.409. The molecular weight excluding hydrogens is 324 g/mol. The Morgan fingerprint density at radius 2 is 1.73 bits per heavy atom. The molecule has 26 heavy (non-hydrogen) atoms. The average molecular weight is 350 g/mol. The molecule has 0 bridgehead atoms. The predicted octanol–water partition coefficient (Wildman–Crippen LogP) is 3.54. The summed E-state index contributed by atoms with van der Waals surface area (Å²) in [5.41, 5.74) is 2.45. The molecule has 2 heterocycles. The molecule has 4 nitrogen and oxygen atoms in total. The third-order valence-electron chi connectivity index (χ3n) is 5.48. The van der Waals surface area contributed by atoms with Crippen molar-refractivity contribution >= 4 is 5.91 Å². The fourth-order valence-corrected chi connectivity index (χ4v) is 3.98. The van der Waals surface area contributed by atoms with Crippen molar-refractivity contribution in [3.63, 3.8) is 0 Å². The maximum absolute atomic E-state index is 12.8. The number of amides is 1. The number of nitrogens with zero attached hydrogens (tertiary/aromatic N) is 1. The molecule has 1 amide bonds. The van der Waals surface area contributed by atoms with Gasteiger partial charge >= 0.3 is 0 Å². The van der Waals surface area contributed by atoms with Gasteiger partial charge in [-0.15, -0.1) is 0 Å². The predicted molar refractivity (Wildman–Crippen MR) is 102 cm³/mol. The van der Waals surface area contributed by atoms with Crippen molar-refractivity contribution < 1.29 is 9.53 Å². The number of para-hydroxylation sites is 1. The lowest BCUT2D eigenvalue weighted by molar-refractivity contribution is -0.127. The van der Waals surface area contributed by atoms with Crippen molar-refractivity contribution in [3.8, 4) is 5.75 Å². The Morgan fingerprint density at radius 3 is 2.54 bits per heavy atom. The van der Waals surface area contributed by atoms with Crippen LogP contribution in [0, 0.1) is 5.92 Å². The first-order valence-electron chi connectivity index (χ1n) is 9.58. The van der Waals surface area contributed by atoms with E-state index < -0.39 is 0 Å². The van der Waals surface area contributed by atoms with E-state index in [9.17, 15) is 4.79 Å².